The average molecular weight is 134 g/mol. The summed E-state index contributed by atoms with van der Waals surface area (Å²) >= 11 is 0. The van der Waals surface area contributed by atoms with E-state index in [9.17, 15) is 0 Å². The molecule has 3 fully saturated rings. The third kappa shape index (κ3) is 0.443. The minimum absolute atomic E-state index is 0.837. The fraction of sp³-hybridized carbons (Fsp3) is 0.778. The Morgan fingerprint density at radius 3 is 2.30 bits per heavy atom. The van der Waals surface area contributed by atoms with Crippen LogP contribution in [0, 0.1) is 17.3 Å². The van der Waals surface area contributed by atoms with Crippen molar-refractivity contribution in [2.45, 2.75) is 25.7 Å². The molecule has 0 saturated heterocycles. The zero-order chi connectivity index (χ0) is 6.77. The van der Waals surface area contributed by atoms with Gasteiger partial charge in [0.1, 0.15) is 0 Å². The molecule has 0 aromatic carbocycles. The Bertz CT molecular complexity index is 227. The van der Waals surface area contributed by atoms with Crippen LogP contribution in [0.25, 0.3) is 0 Å². The standard InChI is InChI=1S/C9H12N/c1-10-8-6-4-9(2-3-9)5-7(6)8/h6-7H,1-5H2/q+1. The van der Waals surface area contributed by atoms with Crippen LogP contribution in [0.15, 0.2) is 0 Å². The van der Waals surface area contributed by atoms with Gasteiger partial charge in [0.2, 0.25) is 0 Å². The van der Waals surface area contributed by atoms with E-state index in [2.05, 4.69) is 11.4 Å². The van der Waals surface area contributed by atoms with Crippen LogP contribution < -0.4 is 4.67 Å². The number of nitrogens with zero attached hydrogens (tertiary/aromatic N) is 1. The molecule has 10 heavy (non-hydrogen) atoms. The molecule has 2 atom stereocenters. The Kier molecular flexibility index (Phi) is 0.638. The van der Waals surface area contributed by atoms with Crippen molar-refractivity contribution in [3.8, 4) is 0 Å². The highest BCUT2D eigenvalue weighted by atomic mass is 14.8. The minimum atomic E-state index is 0.837. The minimum Gasteiger partial charge on any atom is -0.110 e. The topological polar surface area (TPSA) is 14.1 Å². The maximum absolute atomic E-state index is 4.04. The molecule has 0 N–H and O–H groups in total. The molecule has 3 aliphatic carbocycles. The van der Waals surface area contributed by atoms with Crippen LogP contribution in [0.5, 0.6) is 0 Å². The van der Waals surface area contributed by atoms with Crippen molar-refractivity contribution in [1.29, 1.82) is 0 Å². The lowest BCUT2D eigenvalue weighted by Gasteiger charge is -2.02. The van der Waals surface area contributed by atoms with Gasteiger partial charge in [-0.3, -0.25) is 0 Å². The van der Waals surface area contributed by atoms with Gasteiger partial charge in [-0.05, 0) is 31.1 Å². The molecular formula is C9H12N+. The molecule has 0 aromatic rings. The Labute approximate surface area is 60.9 Å². The summed E-state index contributed by atoms with van der Waals surface area (Å²) in [4.78, 5) is 0. The Morgan fingerprint density at radius 1 is 1.30 bits per heavy atom. The zero-order valence-corrected chi connectivity index (χ0v) is 6.14. The van der Waals surface area contributed by atoms with Crippen molar-refractivity contribution >= 4 is 12.4 Å². The summed E-state index contributed by atoms with van der Waals surface area (Å²) in [7, 11) is 0. The second kappa shape index (κ2) is 1.24. The van der Waals surface area contributed by atoms with E-state index < -0.39 is 0 Å². The fourth-order valence-corrected chi connectivity index (χ4v) is 2.69. The number of hydrogen-bond acceptors (Lipinski definition) is 0. The highest BCUT2D eigenvalue weighted by Gasteiger charge is 2.69. The van der Waals surface area contributed by atoms with Crippen LogP contribution in [0.4, 0.5) is 0 Å². The molecule has 1 nitrogen and oxygen atoms in total. The molecule has 52 valence electrons. The van der Waals surface area contributed by atoms with Crippen molar-refractivity contribution in [2.75, 3.05) is 0 Å². The molecule has 0 amide bonds. The van der Waals surface area contributed by atoms with Crippen LogP contribution >= 0.6 is 0 Å². The summed E-state index contributed by atoms with van der Waals surface area (Å²) in [6.45, 7) is 3.59. The van der Waals surface area contributed by atoms with Crippen LogP contribution in [0.2, 0.25) is 0 Å². The predicted octanol–water partition coefficient (Wildman–Crippen LogP) is 1.02. The normalized spacial score (nSPS) is 45.0. The van der Waals surface area contributed by atoms with E-state index in [1.54, 1.807) is 0 Å². The Morgan fingerprint density at radius 2 is 1.90 bits per heavy atom. The lowest BCUT2D eigenvalue weighted by Crippen LogP contribution is -2.00. The molecule has 3 rings (SSSR count). The van der Waals surface area contributed by atoms with Gasteiger partial charge in [-0.25, -0.2) is 0 Å². The average Bonchev–Trinajstić information content (AvgIpc) is 2.76. The summed E-state index contributed by atoms with van der Waals surface area (Å²) in [6.07, 6.45) is 5.91. The number of fused-ring (bicyclic) bond motifs is 1. The molecule has 0 aliphatic heterocycles. The molecule has 3 saturated carbocycles. The molecule has 1 spiro atoms. The van der Waals surface area contributed by atoms with E-state index in [4.69, 9.17) is 0 Å². The second-order valence-electron chi connectivity index (χ2n) is 4.20. The van der Waals surface area contributed by atoms with E-state index >= 15 is 0 Å². The van der Waals surface area contributed by atoms with Crippen molar-refractivity contribution in [2.24, 2.45) is 17.3 Å². The van der Waals surface area contributed by atoms with Gasteiger partial charge in [-0.1, -0.05) is 0 Å². The largest absolute Gasteiger partial charge is 0.287 e. The highest BCUT2D eigenvalue weighted by Crippen LogP contribution is 2.67. The molecule has 1 heteroatoms. The Hall–Kier alpha value is -0.550. The van der Waals surface area contributed by atoms with E-state index in [1.807, 2.05) is 0 Å². The van der Waals surface area contributed by atoms with Gasteiger partial charge < -0.3 is 0 Å². The second-order valence-corrected chi connectivity index (χ2v) is 4.20. The quantitative estimate of drug-likeness (QED) is 0.347. The smallest absolute Gasteiger partial charge is 0.110 e. The first-order valence-electron chi connectivity index (χ1n) is 4.18. The first-order valence-corrected chi connectivity index (χ1v) is 4.18. The van der Waals surface area contributed by atoms with Gasteiger partial charge in [0.05, 0.1) is 11.8 Å². The van der Waals surface area contributed by atoms with Crippen LogP contribution in [-0.2, 0) is 0 Å². The summed E-state index contributed by atoms with van der Waals surface area (Å²) in [5.74, 6) is 1.78. The van der Waals surface area contributed by atoms with E-state index in [0.29, 0.717) is 0 Å². The lowest BCUT2D eigenvalue weighted by molar-refractivity contribution is 0.507. The lowest BCUT2D eigenvalue weighted by atomic mass is 10.0. The van der Waals surface area contributed by atoms with Gasteiger partial charge in [0.25, 0.3) is 12.4 Å². The summed E-state index contributed by atoms with van der Waals surface area (Å²) < 4.78 is 4.04. The maximum atomic E-state index is 4.04. The van der Waals surface area contributed by atoms with Crippen LogP contribution in [-0.4, -0.2) is 12.4 Å². The summed E-state index contributed by atoms with van der Waals surface area (Å²) in [5.41, 5.74) is 2.27. The molecule has 3 aliphatic rings. The van der Waals surface area contributed by atoms with Gasteiger partial charge in [-0.15, -0.1) is 4.67 Å². The predicted molar refractivity (Wildman–Crippen MR) is 42.1 cm³/mol. The van der Waals surface area contributed by atoms with Crippen LogP contribution in [0.3, 0.4) is 0 Å². The van der Waals surface area contributed by atoms with Gasteiger partial charge in [0, 0.05) is 0 Å². The number of rotatable bonds is 0. The monoisotopic (exact) mass is 134 g/mol. The van der Waals surface area contributed by atoms with E-state index in [1.165, 1.54) is 31.4 Å². The third-order valence-corrected chi connectivity index (χ3v) is 3.58. The first kappa shape index (κ1) is 5.15. The molecule has 0 heterocycles. The van der Waals surface area contributed by atoms with Crippen molar-refractivity contribution < 1.29 is 0 Å². The summed E-state index contributed by atoms with van der Waals surface area (Å²) in [6, 6.07) is 0. The zero-order valence-electron chi connectivity index (χ0n) is 6.14. The molecule has 2 unspecified atom stereocenters. The fourth-order valence-electron chi connectivity index (χ4n) is 2.69. The maximum Gasteiger partial charge on any atom is 0.287 e. The van der Waals surface area contributed by atoms with Crippen molar-refractivity contribution in [1.82, 2.24) is 4.67 Å². The molecule has 0 bridgehead atoms. The van der Waals surface area contributed by atoms with Crippen LogP contribution in [0.1, 0.15) is 25.7 Å². The van der Waals surface area contributed by atoms with Crippen molar-refractivity contribution in [3.63, 3.8) is 0 Å². The van der Waals surface area contributed by atoms with Gasteiger partial charge in [-0.2, -0.15) is 0 Å². The number of hydrogen-bond donors (Lipinski definition) is 0. The molecular weight excluding hydrogens is 122 g/mol. The van der Waals surface area contributed by atoms with E-state index in [0.717, 1.165) is 17.3 Å². The summed E-state index contributed by atoms with van der Waals surface area (Å²) in [5, 5.41) is 0. The van der Waals surface area contributed by atoms with Gasteiger partial charge >= 0.3 is 0 Å². The molecule has 0 aromatic heterocycles. The highest BCUT2D eigenvalue weighted by molar-refractivity contribution is 6.04. The van der Waals surface area contributed by atoms with Gasteiger partial charge in [0.15, 0.2) is 0 Å². The Balaban J connectivity index is 1.88. The molecule has 0 radical (unpaired) electrons. The van der Waals surface area contributed by atoms with E-state index in [-0.39, 0.29) is 0 Å². The third-order valence-electron chi connectivity index (χ3n) is 3.58. The first-order chi connectivity index (χ1) is 4.85. The SMILES string of the molecule is C=[N+]=C1C2CC3(CC3)CC12. The van der Waals surface area contributed by atoms with Crippen molar-refractivity contribution in [3.05, 3.63) is 0 Å².